The standard InChI is InChI=1S/C20H22N2O3/c1-21(2)10-11-22-13-18(20(24)25-3)17-9-6-15(12-19(17)22)14-4-7-16(23)8-5-14/h4-9,12-13,23H,10-11H2,1-3H3. The van der Waals surface area contributed by atoms with Crippen molar-refractivity contribution >= 4 is 16.9 Å². The Labute approximate surface area is 147 Å². The van der Waals surface area contributed by atoms with Gasteiger partial charge in [-0.05, 0) is 43.4 Å². The van der Waals surface area contributed by atoms with Crippen LogP contribution >= 0.6 is 0 Å². The van der Waals surface area contributed by atoms with E-state index in [9.17, 15) is 9.90 Å². The van der Waals surface area contributed by atoms with Crippen LogP contribution < -0.4 is 0 Å². The fraction of sp³-hybridized carbons (Fsp3) is 0.250. The van der Waals surface area contributed by atoms with Gasteiger partial charge in [0.15, 0.2) is 0 Å². The van der Waals surface area contributed by atoms with Crippen LogP contribution in [0.1, 0.15) is 10.4 Å². The highest BCUT2D eigenvalue weighted by molar-refractivity contribution is 6.05. The summed E-state index contributed by atoms with van der Waals surface area (Å²) in [6, 6.07) is 13.1. The summed E-state index contributed by atoms with van der Waals surface area (Å²) < 4.78 is 7.01. The fourth-order valence-electron chi connectivity index (χ4n) is 2.89. The van der Waals surface area contributed by atoms with Gasteiger partial charge in [0.1, 0.15) is 5.75 Å². The molecule has 0 bridgehead atoms. The Morgan fingerprint density at radius 2 is 1.80 bits per heavy atom. The number of phenols is 1. The van der Waals surface area contributed by atoms with Crippen molar-refractivity contribution in [1.82, 2.24) is 9.47 Å². The Balaban J connectivity index is 2.10. The Morgan fingerprint density at radius 1 is 1.12 bits per heavy atom. The van der Waals surface area contributed by atoms with Crippen LogP contribution in [0.15, 0.2) is 48.7 Å². The molecule has 1 aromatic heterocycles. The molecule has 3 rings (SSSR count). The number of hydrogen-bond acceptors (Lipinski definition) is 4. The number of fused-ring (bicyclic) bond motifs is 1. The molecule has 0 fully saturated rings. The number of esters is 1. The highest BCUT2D eigenvalue weighted by Gasteiger charge is 2.16. The number of ether oxygens (including phenoxy) is 1. The molecule has 0 atom stereocenters. The molecule has 0 spiro atoms. The molecule has 5 nitrogen and oxygen atoms in total. The van der Waals surface area contributed by atoms with Crippen LogP contribution in [0.25, 0.3) is 22.0 Å². The van der Waals surface area contributed by atoms with Crippen LogP contribution in [0.3, 0.4) is 0 Å². The van der Waals surface area contributed by atoms with Crippen molar-refractivity contribution in [2.75, 3.05) is 27.7 Å². The molecule has 1 N–H and O–H groups in total. The molecule has 130 valence electrons. The second-order valence-corrected chi connectivity index (χ2v) is 6.31. The summed E-state index contributed by atoms with van der Waals surface area (Å²) in [6.45, 7) is 1.65. The molecule has 0 radical (unpaired) electrons. The number of hydrogen-bond donors (Lipinski definition) is 1. The van der Waals surface area contributed by atoms with Crippen molar-refractivity contribution < 1.29 is 14.6 Å². The Bertz CT molecular complexity index is 895. The number of nitrogens with zero attached hydrogens (tertiary/aromatic N) is 2. The second kappa shape index (κ2) is 6.99. The number of benzene rings is 2. The maximum Gasteiger partial charge on any atom is 0.340 e. The van der Waals surface area contributed by atoms with Crippen LogP contribution in [0.2, 0.25) is 0 Å². The summed E-state index contributed by atoms with van der Waals surface area (Å²) in [6.07, 6.45) is 1.86. The van der Waals surface area contributed by atoms with E-state index >= 15 is 0 Å². The van der Waals surface area contributed by atoms with E-state index in [1.165, 1.54) is 7.11 Å². The van der Waals surface area contributed by atoms with Crippen molar-refractivity contribution in [3.8, 4) is 16.9 Å². The van der Waals surface area contributed by atoms with Gasteiger partial charge in [-0.15, -0.1) is 0 Å². The normalized spacial score (nSPS) is 11.2. The summed E-state index contributed by atoms with van der Waals surface area (Å²) in [5, 5.41) is 10.4. The number of methoxy groups -OCH3 is 1. The lowest BCUT2D eigenvalue weighted by Gasteiger charge is -2.11. The lowest BCUT2D eigenvalue weighted by Crippen LogP contribution is -2.18. The molecule has 2 aromatic carbocycles. The summed E-state index contributed by atoms with van der Waals surface area (Å²) in [5.74, 6) is -0.0850. The van der Waals surface area contributed by atoms with Gasteiger partial charge in [0.2, 0.25) is 0 Å². The number of rotatable bonds is 5. The van der Waals surface area contributed by atoms with E-state index < -0.39 is 0 Å². The van der Waals surface area contributed by atoms with Gasteiger partial charge in [-0.1, -0.05) is 24.3 Å². The van der Waals surface area contributed by atoms with E-state index in [0.717, 1.165) is 35.1 Å². The monoisotopic (exact) mass is 338 g/mol. The van der Waals surface area contributed by atoms with Crippen molar-refractivity contribution in [1.29, 1.82) is 0 Å². The van der Waals surface area contributed by atoms with Gasteiger partial charge in [-0.3, -0.25) is 0 Å². The molecule has 0 aliphatic carbocycles. The molecule has 5 heteroatoms. The maximum absolute atomic E-state index is 12.1. The maximum atomic E-state index is 12.1. The molecule has 3 aromatic rings. The van der Waals surface area contributed by atoms with E-state index in [1.54, 1.807) is 12.1 Å². The zero-order valence-electron chi connectivity index (χ0n) is 14.7. The third-order valence-corrected chi connectivity index (χ3v) is 4.28. The van der Waals surface area contributed by atoms with Crippen LogP contribution in [0.4, 0.5) is 0 Å². The van der Waals surface area contributed by atoms with Gasteiger partial charge >= 0.3 is 5.97 Å². The fourth-order valence-corrected chi connectivity index (χ4v) is 2.89. The van der Waals surface area contributed by atoms with Crippen LogP contribution in [-0.2, 0) is 11.3 Å². The van der Waals surface area contributed by atoms with Crippen molar-refractivity contribution in [2.24, 2.45) is 0 Å². The lowest BCUT2D eigenvalue weighted by molar-refractivity contribution is 0.0602. The number of aromatic hydroxyl groups is 1. The first-order chi connectivity index (χ1) is 12.0. The first-order valence-corrected chi connectivity index (χ1v) is 8.15. The van der Waals surface area contributed by atoms with Gasteiger partial charge in [0.25, 0.3) is 0 Å². The van der Waals surface area contributed by atoms with E-state index in [4.69, 9.17) is 4.74 Å². The summed E-state index contributed by atoms with van der Waals surface area (Å²) in [5.41, 5.74) is 3.62. The predicted octanol–water partition coefficient (Wildman–Crippen LogP) is 3.36. The third-order valence-electron chi connectivity index (χ3n) is 4.28. The van der Waals surface area contributed by atoms with E-state index in [1.807, 2.05) is 44.6 Å². The minimum atomic E-state index is -0.328. The number of carbonyl (C=O) groups is 1. The number of carbonyl (C=O) groups excluding carboxylic acids is 1. The van der Waals surface area contributed by atoms with Gasteiger partial charge in [0.05, 0.1) is 12.7 Å². The minimum Gasteiger partial charge on any atom is -0.508 e. The van der Waals surface area contributed by atoms with Gasteiger partial charge in [0, 0.05) is 30.2 Å². The first kappa shape index (κ1) is 17.0. The largest absolute Gasteiger partial charge is 0.508 e. The SMILES string of the molecule is COC(=O)c1cn(CCN(C)C)c2cc(-c3ccc(O)cc3)ccc12. The van der Waals surface area contributed by atoms with Crippen LogP contribution in [0.5, 0.6) is 5.75 Å². The van der Waals surface area contributed by atoms with Gasteiger partial charge in [-0.25, -0.2) is 4.79 Å². The molecule has 0 amide bonds. The smallest absolute Gasteiger partial charge is 0.340 e. The molecular weight excluding hydrogens is 316 g/mol. The predicted molar refractivity (Wildman–Crippen MR) is 98.9 cm³/mol. The number of likely N-dealkylation sites (N-methyl/N-ethyl adjacent to an activating group) is 1. The highest BCUT2D eigenvalue weighted by Crippen LogP contribution is 2.29. The van der Waals surface area contributed by atoms with E-state index in [-0.39, 0.29) is 11.7 Å². The topological polar surface area (TPSA) is 54.7 Å². The molecule has 0 aliphatic heterocycles. The number of aromatic nitrogens is 1. The van der Waals surface area contributed by atoms with Crippen molar-refractivity contribution in [2.45, 2.75) is 6.54 Å². The second-order valence-electron chi connectivity index (χ2n) is 6.31. The van der Waals surface area contributed by atoms with Crippen molar-refractivity contribution in [3.63, 3.8) is 0 Å². The van der Waals surface area contributed by atoms with E-state index in [2.05, 4.69) is 15.5 Å². The first-order valence-electron chi connectivity index (χ1n) is 8.15. The Hall–Kier alpha value is -2.79. The molecule has 0 aliphatic rings. The summed E-state index contributed by atoms with van der Waals surface area (Å²) in [7, 11) is 5.44. The molecule has 0 unspecified atom stereocenters. The van der Waals surface area contributed by atoms with Gasteiger partial charge < -0.3 is 19.3 Å². The van der Waals surface area contributed by atoms with E-state index in [0.29, 0.717) is 5.56 Å². The van der Waals surface area contributed by atoms with Crippen LogP contribution in [0, 0.1) is 0 Å². The third kappa shape index (κ3) is 3.51. The zero-order valence-corrected chi connectivity index (χ0v) is 14.7. The quantitative estimate of drug-likeness (QED) is 0.725. The van der Waals surface area contributed by atoms with Crippen LogP contribution in [-0.4, -0.2) is 48.3 Å². The highest BCUT2D eigenvalue weighted by atomic mass is 16.5. The molecular formula is C20H22N2O3. The molecule has 25 heavy (non-hydrogen) atoms. The Morgan fingerprint density at radius 3 is 2.44 bits per heavy atom. The number of phenolic OH excluding ortho intramolecular Hbond substituents is 1. The zero-order chi connectivity index (χ0) is 18.0. The minimum absolute atomic E-state index is 0.243. The average Bonchev–Trinajstić information content (AvgIpc) is 2.98. The lowest BCUT2D eigenvalue weighted by atomic mass is 10.0. The Kier molecular flexibility index (Phi) is 4.76. The average molecular weight is 338 g/mol. The molecule has 0 saturated carbocycles. The van der Waals surface area contributed by atoms with Crippen molar-refractivity contribution in [3.05, 3.63) is 54.2 Å². The van der Waals surface area contributed by atoms with Gasteiger partial charge in [-0.2, -0.15) is 0 Å². The summed E-state index contributed by atoms with van der Waals surface area (Å²) >= 11 is 0. The summed E-state index contributed by atoms with van der Waals surface area (Å²) in [4.78, 5) is 14.2. The molecule has 0 saturated heterocycles. The molecule has 1 heterocycles.